The van der Waals surface area contributed by atoms with E-state index in [4.69, 9.17) is 20.8 Å². The Balaban J connectivity index is 1.84. The van der Waals surface area contributed by atoms with Crippen LogP contribution in [0.2, 0.25) is 5.02 Å². The van der Waals surface area contributed by atoms with Crippen LogP contribution >= 0.6 is 11.6 Å². The normalized spacial score (nSPS) is 12.1. The van der Waals surface area contributed by atoms with Crippen molar-refractivity contribution < 1.29 is 19.1 Å². The van der Waals surface area contributed by atoms with Gasteiger partial charge in [0, 0.05) is 22.0 Å². The zero-order valence-electron chi connectivity index (χ0n) is 13.4. The Morgan fingerprint density at radius 2 is 1.96 bits per heavy atom. The van der Waals surface area contributed by atoms with Gasteiger partial charge in [0.15, 0.2) is 6.10 Å². The highest BCUT2D eigenvalue weighted by Gasteiger charge is 2.19. The maximum Gasteiger partial charge on any atom is 0.339 e. The summed E-state index contributed by atoms with van der Waals surface area (Å²) in [6.45, 7) is 1.62. The fourth-order valence-corrected chi connectivity index (χ4v) is 2.63. The van der Waals surface area contributed by atoms with Crippen molar-refractivity contribution in [3.63, 3.8) is 0 Å². The third kappa shape index (κ3) is 3.73. The van der Waals surface area contributed by atoms with Gasteiger partial charge < -0.3 is 14.3 Å². The van der Waals surface area contributed by atoms with Gasteiger partial charge >= 0.3 is 11.6 Å². The predicted molar refractivity (Wildman–Crippen MR) is 93.4 cm³/mol. The molecule has 2 aromatic carbocycles. The van der Waals surface area contributed by atoms with E-state index in [0.29, 0.717) is 27.1 Å². The molecule has 6 heteroatoms. The highest BCUT2D eigenvalue weighted by molar-refractivity contribution is 6.32. The van der Waals surface area contributed by atoms with Gasteiger partial charge in [0.1, 0.15) is 12.2 Å². The second kappa shape index (κ2) is 7.09. The summed E-state index contributed by atoms with van der Waals surface area (Å²) in [5, 5.41) is 11.1. The van der Waals surface area contributed by atoms with Gasteiger partial charge in [-0.25, -0.2) is 9.59 Å². The lowest BCUT2D eigenvalue weighted by molar-refractivity contribution is -0.155. The van der Waals surface area contributed by atoms with Gasteiger partial charge in [0.05, 0.1) is 0 Å². The molecule has 0 aliphatic rings. The molecular formula is C19H15ClO5. The van der Waals surface area contributed by atoms with E-state index >= 15 is 0 Å². The van der Waals surface area contributed by atoms with E-state index in [1.807, 2.05) is 0 Å². The minimum absolute atomic E-state index is 0.176. The minimum Gasteiger partial charge on any atom is -0.459 e. The second-order valence-corrected chi connectivity index (χ2v) is 6.02. The molecule has 0 spiro atoms. The molecule has 3 aromatic rings. The Morgan fingerprint density at radius 3 is 2.68 bits per heavy atom. The van der Waals surface area contributed by atoms with E-state index in [2.05, 4.69) is 0 Å². The number of fused-ring (bicyclic) bond motifs is 1. The number of esters is 1. The molecule has 0 radical (unpaired) electrons. The van der Waals surface area contributed by atoms with Crippen molar-refractivity contribution in [2.75, 3.05) is 0 Å². The number of benzene rings is 2. The maximum atomic E-state index is 12.1. The average Bonchev–Trinajstić information content (AvgIpc) is 2.61. The molecule has 0 saturated carbocycles. The predicted octanol–water partition coefficient (Wildman–Crippen LogP) is 3.53. The number of carbonyl (C=O) groups is 1. The van der Waals surface area contributed by atoms with Crippen LogP contribution in [0, 0.1) is 6.92 Å². The van der Waals surface area contributed by atoms with Crippen LogP contribution in [-0.4, -0.2) is 11.1 Å². The smallest absolute Gasteiger partial charge is 0.339 e. The fraction of sp³-hybridized carbons (Fsp3) is 0.158. The molecular weight excluding hydrogens is 344 g/mol. The summed E-state index contributed by atoms with van der Waals surface area (Å²) < 4.78 is 10.3. The third-order valence-electron chi connectivity index (χ3n) is 3.82. The summed E-state index contributed by atoms with van der Waals surface area (Å²) in [7, 11) is 0. The van der Waals surface area contributed by atoms with Crippen LogP contribution in [0.15, 0.2) is 57.7 Å². The molecule has 3 rings (SSSR count). The van der Waals surface area contributed by atoms with Crippen molar-refractivity contribution in [2.45, 2.75) is 19.6 Å². The molecule has 25 heavy (non-hydrogen) atoms. The highest BCUT2D eigenvalue weighted by Crippen LogP contribution is 2.26. The largest absolute Gasteiger partial charge is 0.459 e. The summed E-state index contributed by atoms with van der Waals surface area (Å²) in [6.07, 6.45) is -1.39. The lowest BCUT2D eigenvalue weighted by atomic mass is 10.1. The van der Waals surface area contributed by atoms with Crippen LogP contribution in [-0.2, 0) is 16.1 Å². The molecule has 0 unspecified atom stereocenters. The molecule has 1 atom stereocenters. The Morgan fingerprint density at radius 1 is 1.24 bits per heavy atom. The Bertz CT molecular complexity index is 978. The van der Waals surface area contributed by atoms with Crippen LogP contribution in [0.25, 0.3) is 11.0 Å². The molecule has 128 valence electrons. The SMILES string of the molecule is Cc1cc2oc(=O)cc(COC(=O)[C@H](O)c3ccccc3)c2cc1Cl. The molecule has 1 aromatic heterocycles. The number of carbonyl (C=O) groups excluding carboxylic acids is 1. The van der Waals surface area contributed by atoms with E-state index in [0.717, 1.165) is 5.56 Å². The molecule has 0 fully saturated rings. The molecule has 0 amide bonds. The highest BCUT2D eigenvalue weighted by atomic mass is 35.5. The van der Waals surface area contributed by atoms with Crippen LogP contribution in [0.3, 0.4) is 0 Å². The minimum atomic E-state index is -1.39. The number of aliphatic hydroxyl groups excluding tert-OH is 1. The summed E-state index contributed by atoms with van der Waals surface area (Å²) >= 11 is 6.13. The van der Waals surface area contributed by atoms with Crippen LogP contribution in [0.1, 0.15) is 22.8 Å². The fourth-order valence-electron chi connectivity index (χ4n) is 2.47. The van der Waals surface area contributed by atoms with Crippen molar-refractivity contribution in [3.8, 4) is 0 Å². The van der Waals surface area contributed by atoms with Crippen LogP contribution in [0.5, 0.6) is 0 Å². The van der Waals surface area contributed by atoms with Crippen molar-refractivity contribution in [1.29, 1.82) is 0 Å². The quantitative estimate of drug-likeness (QED) is 0.570. The molecule has 0 aliphatic heterocycles. The average molecular weight is 359 g/mol. The number of rotatable bonds is 4. The molecule has 5 nitrogen and oxygen atoms in total. The Kier molecular flexibility index (Phi) is 4.88. The first-order valence-electron chi connectivity index (χ1n) is 7.58. The summed E-state index contributed by atoms with van der Waals surface area (Å²) in [6, 6.07) is 13.0. The summed E-state index contributed by atoms with van der Waals surface area (Å²) in [4.78, 5) is 23.8. The molecule has 0 aliphatic carbocycles. The first-order valence-corrected chi connectivity index (χ1v) is 7.96. The number of hydrogen-bond acceptors (Lipinski definition) is 5. The number of ether oxygens (including phenoxy) is 1. The van der Waals surface area contributed by atoms with Gasteiger partial charge in [0.25, 0.3) is 0 Å². The monoisotopic (exact) mass is 358 g/mol. The van der Waals surface area contributed by atoms with Gasteiger partial charge in [0.2, 0.25) is 0 Å². The summed E-state index contributed by atoms with van der Waals surface area (Å²) in [5.41, 5.74) is 1.48. The van der Waals surface area contributed by atoms with E-state index in [1.165, 1.54) is 6.07 Å². The van der Waals surface area contributed by atoms with Crippen molar-refractivity contribution in [2.24, 2.45) is 0 Å². The summed E-state index contributed by atoms with van der Waals surface area (Å²) in [5.74, 6) is -0.800. The first-order chi connectivity index (χ1) is 12.0. The van der Waals surface area contributed by atoms with Gasteiger partial charge in [-0.05, 0) is 30.2 Å². The number of aryl methyl sites for hydroxylation is 1. The number of aliphatic hydroxyl groups is 1. The number of halogens is 1. The van der Waals surface area contributed by atoms with Crippen LogP contribution in [0.4, 0.5) is 0 Å². The van der Waals surface area contributed by atoms with Crippen molar-refractivity contribution in [3.05, 3.63) is 80.7 Å². The zero-order valence-corrected chi connectivity index (χ0v) is 14.1. The topological polar surface area (TPSA) is 76.7 Å². The van der Waals surface area contributed by atoms with Crippen molar-refractivity contribution >= 4 is 28.5 Å². The lowest BCUT2D eigenvalue weighted by Crippen LogP contribution is -2.16. The van der Waals surface area contributed by atoms with Crippen LogP contribution < -0.4 is 5.63 Å². The molecule has 0 saturated heterocycles. The zero-order chi connectivity index (χ0) is 18.0. The molecule has 0 bridgehead atoms. The Hall–Kier alpha value is -2.63. The Labute approximate surface area is 148 Å². The standard InChI is InChI=1S/C19H15ClO5/c1-11-7-16-14(9-15(11)20)13(8-17(21)25-16)10-24-19(23)18(22)12-5-3-2-4-6-12/h2-9,18,22H,10H2,1H3/t18-/m1/s1. The van der Waals surface area contributed by atoms with Gasteiger partial charge in [-0.2, -0.15) is 0 Å². The van der Waals surface area contributed by atoms with E-state index in [-0.39, 0.29) is 6.61 Å². The van der Waals surface area contributed by atoms with E-state index < -0.39 is 17.7 Å². The maximum absolute atomic E-state index is 12.1. The van der Waals surface area contributed by atoms with Gasteiger partial charge in [-0.3, -0.25) is 0 Å². The van der Waals surface area contributed by atoms with E-state index in [9.17, 15) is 14.7 Å². The van der Waals surface area contributed by atoms with Crippen molar-refractivity contribution in [1.82, 2.24) is 0 Å². The molecule has 1 N–H and O–H groups in total. The first kappa shape index (κ1) is 17.2. The van der Waals surface area contributed by atoms with Gasteiger partial charge in [-0.15, -0.1) is 0 Å². The number of hydrogen-bond donors (Lipinski definition) is 1. The van der Waals surface area contributed by atoms with Gasteiger partial charge in [-0.1, -0.05) is 41.9 Å². The lowest BCUT2D eigenvalue weighted by Gasteiger charge is -2.12. The second-order valence-electron chi connectivity index (χ2n) is 5.61. The van der Waals surface area contributed by atoms with E-state index in [1.54, 1.807) is 49.4 Å². The third-order valence-corrected chi connectivity index (χ3v) is 4.23. The molecule has 1 heterocycles.